The normalized spacial score (nSPS) is 9.12. The summed E-state index contributed by atoms with van der Waals surface area (Å²) in [4.78, 5) is 9.72. The number of carbonyl (C=O) groups excluding carboxylic acids is 1. The van der Waals surface area contributed by atoms with Crippen molar-refractivity contribution in [2.75, 3.05) is 0 Å². The molecule has 8 heavy (non-hydrogen) atoms. The second kappa shape index (κ2) is 1.73. The van der Waals surface area contributed by atoms with Gasteiger partial charge in [-0.25, -0.2) is 0 Å². The Balaban J connectivity index is 2.93. The van der Waals surface area contributed by atoms with Crippen LogP contribution in [0.1, 0.15) is 10.5 Å². The molecule has 0 amide bonds. The van der Waals surface area contributed by atoms with E-state index in [1.54, 1.807) is 0 Å². The van der Waals surface area contributed by atoms with Gasteiger partial charge >= 0.3 is 6.04 Å². The molecule has 1 heterocycles. The first kappa shape index (κ1) is 4.96. The van der Waals surface area contributed by atoms with Gasteiger partial charge in [-0.1, -0.05) is 5.16 Å². The fourth-order valence-electron chi connectivity index (χ4n) is 0.314. The topological polar surface area (TPSA) is 43.1 Å². The highest BCUT2D eigenvalue weighted by molar-refractivity contribution is 5.85. The highest BCUT2D eigenvalue weighted by Gasteiger charge is 2.04. The summed E-state index contributed by atoms with van der Waals surface area (Å²) >= 11 is 0. The fraction of sp³-hybridized carbons (Fsp3) is 0. The van der Waals surface area contributed by atoms with E-state index in [2.05, 4.69) is 9.68 Å². The Bertz CT molecular complexity index is 182. The lowest BCUT2D eigenvalue weighted by molar-refractivity contribution is 0.0826. The third kappa shape index (κ3) is 0.726. The van der Waals surface area contributed by atoms with Crippen LogP contribution in [-0.4, -0.2) is 11.2 Å². The minimum atomic E-state index is -1.57. The number of halogens is 1. The Morgan fingerprint density at radius 3 is 2.88 bits per heavy atom. The lowest BCUT2D eigenvalue weighted by Gasteiger charge is -1.71. The summed E-state index contributed by atoms with van der Waals surface area (Å²) in [7, 11) is 0. The zero-order valence-electron chi connectivity index (χ0n) is 3.80. The minimum Gasteiger partial charge on any atom is -0.364 e. The molecule has 0 spiro atoms. The molecule has 0 N–H and O–H groups in total. The van der Waals surface area contributed by atoms with Crippen LogP contribution in [0, 0.1) is 0 Å². The van der Waals surface area contributed by atoms with Gasteiger partial charge in [0.1, 0.15) is 6.26 Å². The second-order valence-corrected chi connectivity index (χ2v) is 1.16. The van der Waals surface area contributed by atoms with Crippen LogP contribution >= 0.6 is 0 Å². The Kier molecular flexibility index (Phi) is 1.07. The van der Waals surface area contributed by atoms with Crippen LogP contribution < -0.4 is 0 Å². The lowest BCUT2D eigenvalue weighted by atomic mass is 10.5. The van der Waals surface area contributed by atoms with Gasteiger partial charge in [-0.05, 0) is 0 Å². The number of rotatable bonds is 1. The summed E-state index contributed by atoms with van der Waals surface area (Å²) in [6.45, 7) is 0. The van der Waals surface area contributed by atoms with E-state index < -0.39 is 6.04 Å². The molecule has 0 radical (unpaired) electrons. The highest BCUT2D eigenvalue weighted by atomic mass is 19.1. The van der Waals surface area contributed by atoms with E-state index in [1.807, 2.05) is 0 Å². The van der Waals surface area contributed by atoms with E-state index >= 15 is 0 Å². The second-order valence-electron chi connectivity index (χ2n) is 1.16. The maximum atomic E-state index is 11.5. The first-order valence-corrected chi connectivity index (χ1v) is 1.91. The van der Waals surface area contributed by atoms with Gasteiger partial charge in [0.2, 0.25) is 0 Å². The molecule has 0 saturated heterocycles. The number of nitrogens with zero attached hydrogens (tertiary/aromatic N) is 1. The predicted molar refractivity (Wildman–Crippen MR) is 21.9 cm³/mol. The molecule has 4 heteroatoms. The van der Waals surface area contributed by atoms with Gasteiger partial charge in [-0.3, -0.25) is 4.79 Å². The van der Waals surface area contributed by atoms with E-state index in [0.717, 1.165) is 12.3 Å². The standard InChI is InChI=1S/C4H2FNO2/c5-4(7)3-1-2-8-6-3/h1-2H. The van der Waals surface area contributed by atoms with E-state index in [4.69, 9.17) is 0 Å². The molecule has 0 aliphatic carbocycles. The van der Waals surface area contributed by atoms with E-state index in [9.17, 15) is 9.18 Å². The largest absolute Gasteiger partial charge is 0.364 e. The first-order valence-electron chi connectivity index (χ1n) is 1.91. The van der Waals surface area contributed by atoms with Gasteiger partial charge in [-0.2, -0.15) is 4.39 Å². The summed E-state index contributed by atoms with van der Waals surface area (Å²) < 4.78 is 15.7. The smallest absolute Gasteiger partial charge is 0.353 e. The van der Waals surface area contributed by atoms with Crippen LogP contribution in [0.25, 0.3) is 0 Å². The number of hydrogen-bond acceptors (Lipinski definition) is 3. The highest BCUT2D eigenvalue weighted by Crippen LogP contribution is 1.94. The summed E-state index contributed by atoms with van der Waals surface area (Å²) in [6, 6.07) is -0.416. The predicted octanol–water partition coefficient (Wildman–Crippen LogP) is 0.784. The zero-order chi connectivity index (χ0) is 5.98. The lowest BCUT2D eigenvalue weighted by Crippen LogP contribution is -1.87. The monoisotopic (exact) mass is 115 g/mol. The Labute approximate surface area is 44.1 Å². The SMILES string of the molecule is O=C(F)c1ccon1. The maximum absolute atomic E-state index is 11.5. The van der Waals surface area contributed by atoms with Crippen molar-refractivity contribution in [3.8, 4) is 0 Å². The van der Waals surface area contributed by atoms with Gasteiger partial charge in [0.05, 0.1) is 0 Å². The third-order valence-electron chi connectivity index (χ3n) is 0.639. The maximum Gasteiger partial charge on any atom is 0.353 e. The molecule has 0 atom stereocenters. The molecule has 0 saturated carbocycles. The Morgan fingerprint density at radius 2 is 2.62 bits per heavy atom. The quantitative estimate of drug-likeness (QED) is 0.508. The van der Waals surface area contributed by atoms with E-state index in [0.29, 0.717) is 0 Å². The average molecular weight is 115 g/mol. The Hall–Kier alpha value is -1.19. The van der Waals surface area contributed by atoms with Crippen LogP contribution in [0.5, 0.6) is 0 Å². The van der Waals surface area contributed by atoms with Crippen LogP contribution in [0.15, 0.2) is 16.9 Å². The van der Waals surface area contributed by atoms with Crippen molar-refractivity contribution in [2.45, 2.75) is 0 Å². The molecular weight excluding hydrogens is 113 g/mol. The van der Waals surface area contributed by atoms with Crippen molar-refractivity contribution in [1.29, 1.82) is 0 Å². The van der Waals surface area contributed by atoms with Crippen LogP contribution in [0.3, 0.4) is 0 Å². The number of aromatic nitrogens is 1. The van der Waals surface area contributed by atoms with Crippen molar-refractivity contribution in [1.82, 2.24) is 5.16 Å². The molecule has 1 aromatic heterocycles. The molecule has 0 bridgehead atoms. The van der Waals surface area contributed by atoms with Gasteiger partial charge in [0.15, 0.2) is 5.69 Å². The van der Waals surface area contributed by atoms with Crippen LogP contribution in [-0.2, 0) is 0 Å². The molecule has 0 aliphatic rings. The molecule has 3 nitrogen and oxygen atoms in total. The van der Waals surface area contributed by atoms with Crippen LogP contribution in [0.2, 0.25) is 0 Å². The van der Waals surface area contributed by atoms with Gasteiger partial charge in [-0.15, -0.1) is 0 Å². The minimum absolute atomic E-state index is 0.287. The molecule has 1 aromatic rings. The molecule has 0 unspecified atom stereocenters. The van der Waals surface area contributed by atoms with Crippen molar-refractivity contribution >= 4 is 6.04 Å². The zero-order valence-corrected chi connectivity index (χ0v) is 3.80. The van der Waals surface area contributed by atoms with Crippen molar-refractivity contribution in [3.05, 3.63) is 18.0 Å². The molecule has 1 rings (SSSR count). The van der Waals surface area contributed by atoms with Crippen molar-refractivity contribution in [2.24, 2.45) is 0 Å². The molecule has 0 fully saturated rings. The number of hydrogen-bond donors (Lipinski definition) is 0. The fourth-order valence-corrected chi connectivity index (χ4v) is 0.314. The summed E-state index contributed by atoms with van der Waals surface area (Å²) in [6.07, 6.45) is 1.13. The molecule has 0 aliphatic heterocycles. The summed E-state index contributed by atoms with van der Waals surface area (Å²) in [5.74, 6) is 0. The first-order chi connectivity index (χ1) is 3.80. The van der Waals surface area contributed by atoms with Crippen LogP contribution in [0.4, 0.5) is 4.39 Å². The summed E-state index contributed by atoms with van der Waals surface area (Å²) in [5, 5.41) is 3.02. The Morgan fingerprint density at radius 1 is 1.88 bits per heavy atom. The van der Waals surface area contributed by atoms with E-state index in [1.165, 1.54) is 0 Å². The number of carbonyl (C=O) groups is 1. The average Bonchev–Trinajstić information content (AvgIpc) is 2.12. The molecule has 42 valence electrons. The third-order valence-corrected chi connectivity index (χ3v) is 0.639. The molecule has 0 aromatic carbocycles. The molecular formula is C4H2FNO2. The van der Waals surface area contributed by atoms with Gasteiger partial charge in [0.25, 0.3) is 0 Å². The van der Waals surface area contributed by atoms with E-state index in [-0.39, 0.29) is 5.69 Å². The van der Waals surface area contributed by atoms with Crippen molar-refractivity contribution in [3.63, 3.8) is 0 Å². The van der Waals surface area contributed by atoms with Crippen molar-refractivity contribution < 1.29 is 13.7 Å². The van der Waals surface area contributed by atoms with Gasteiger partial charge < -0.3 is 4.52 Å². The van der Waals surface area contributed by atoms with Gasteiger partial charge in [0, 0.05) is 6.07 Å². The summed E-state index contributed by atoms with van der Waals surface area (Å²) in [5.41, 5.74) is -0.287.